The van der Waals surface area contributed by atoms with Gasteiger partial charge in [-0.3, -0.25) is 4.79 Å². The number of carbonyl (C=O) groups excluding carboxylic acids is 1. The zero-order valence-electron chi connectivity index (χ0n) is 13.7. The quantitative estimate of drug-likeness (QED) is 0.717. The molecule has 1 heterocycles. The number of aliphatic hydroxyl groups is 1. The summed E-state index contributed by atoms with van der Waals surface area (Å²) >= 11 is 0. The van der Waals surface area contributed by atoms with E-state index in [1.165, 1.54) is 0 Å². The predicted octanol–water partition coefficient (Wildman–Crippen LogP) is 1.35. The maximum atomic E-state index is 12.3. The largest absolute Gasteiger partial charge is 0.395 e. The fourth-order valence-corrected chi connectivity index (χ4v) is 3.24. The van der Waals surface area contributed by atoms with E-state index in [1.807, 2.05) is 36.5 Å². The van der Waals surface area contributed by atoms with Gasteiger partial charge in [0.05, 0.1) is 12.3 Å². The summed E-state index contributed by atoms with van der Waals surface area (Å²) in [5.74, 6) is 0.474. The van der Waals surface area contributed by atoms with E-state index >= 15 is 0 Å². The monoisotopic (exact) mass is 328 g/mol. The Morgan fingerprint density at radius 3 is 2.83 bits per heavy atom. The van der Waals surface area contributed by atoms with Crippen molar-refractivity contribution in [1.82, 2.24) is 20.4 Å². The van der Waals surface area contributed by atoms with Crippen molar-refractivity contribution in [3.05, 3.63) is 48.3 Å². The highest BCUT2D eigenvalue weighted by atomic mass is 16.3. The molecule has 1 saturated carbocycles. The number of aliphatic hydroxyl groups excluding tert-OH is 1. The third-order valence-electron chi connectivity index (χ3n) is 4.54. The van der Waals surface area contributed by atoms with Crippen LogP contribution in [0.5, 0.6) is 0 Å². The number of nitrogens with zero attached hydrogens (tertiary/aromatic N) is 2. The average molecular weight is 328 g/mol. The molecule has 1 aromatic carbocycles. The first-order valence-electron chi connectivity index (χ1n) is 8.49. The smallest absolute Gasteiger partial charge is 0.251 e. The van der Waals surface area contributed by atoms with Crippen LogP contribution in [0.3, 0.4) is 0 Å². The number of nitrogens with one attached hydrogen (secondary N) is 2. The molecule has 1 aromatic heterocycles. The van der Waals surface area contributed by atoms with Gasteiger partial charge in [-0.25, -0.2) is 4.68 Å². The Hall–Kier alpha value is -2.18. The Morgan fingerprint density at radius 2 is 2.12 bits per heavy atom. The number of carbonyl (C=O) groups is 1. The molecule has 0 spiro atoms. The summed E-state index contributed by atoms with van der Waals surface area (Å²) in [6, 6.07) is 9.77. The molecule has 1 amide bonds. The van der Waals surface area contributed by atoms with Gasteiger partial charge in [-0.1, -0.05) is 0 Å². The van der Waals surface area contributed by atoms with Gasteiger partial charge in [0.2, 0.25) is 0 Å². The van der Waals surface area contributed by atoms with Gasteiger partial charge < -0.3 is 15.7 Å². The van der Waals surface area contributed by atoms with E-state index in [0.717, 1.165) is 24.9 Å². The van der Waals surface area contributed by atoms with E-state index < -0.39 is 0 Å². The Labute approximate surface area is 141 Å². The van der Waals surface area contributed by atoms with Gasteiger partial charge in [-0.2, -0.15) is 5.10 Å². The Bertz CT molecular complexity index is 640. The zero-order valence-corrected chi connectivity index (χ0v) is 13.7. The number of amides is 1. The number of hydrogen-bond donors (Lipinski definition) is 3. The van der Waals surface area contributed by atoms with Crippen LogP contribution in [0.25, 0.3) is 5.69 Å². The third kappa shape index (κ3) is 4.21. The highest BCUT2D eigenvalue weighted by Crippen LogP contribution is 2.24. The summed E-state index contributed by atoms with van der Waals surface area (Å²) in [5, 5.41) is 19.4. The molecule has 1 aliphatic rings. The lowest BCUT2D eigenvalue weighted by atomic mass is 10.1. The van der Waals surface area contributed by atoms with Gasteiger partial charge in [0.1, 0.15) is 0 Å². The molecular weight excluding hydrogens is 304 g/mol. The van der Waals surface area contributed by atoms with E-state index in [0.29, 0.717) is 30.6 Å². The van der Waals surface area contributed by atoms with Gasteiger partial charge in [-0.05, 0) is 55.5 Å². The van der Waals surface area contributed by atoms with Crippen molar-refractivity contribution >= 4 is 5.91 Å². The first-order chi connectivity index (χ1) is 11.8. The molecule has 2 atom stereocenters. The van der Waals surface area contributed by atoms with E-state index in [9.17, 15) is 4.79 Å². The molecule has 0 unspecified atom stereocenters. The van der Waals surface area contributed by atoms with Crippen LogP contribution in [0.4, 0.5) is 0 Å². The molecule has 24 heavy (non-hydrogen) atoms. The van der Waals surface area contributed by atoms with Crippen molar-refractivity contribution in [2.75, 3.05) is 19.7 Å². The molecule has 0 aliphatic heterocycles. The van der Waals surface area contributed by atoms with Crippen LogP contribution in [0.15, 0.2) is 42.7 Å². The Morgan fingerprint density at radius 1 is 1.29 bits per heavy atom. The lowest BCUT2D eigenvalue weighted by Gasteiger charge is -2.13. The maximum Gasteiger partial charge on any atom is 0.251 e. The minimum Gasteiger partial charge on any atom is -0.395 e. The first-order valence-corrected chi connectivity index (χ1v) is 8.49. The van der Waals surface area contributed by atoms with Crippen molar-refractivity contribution in [1.29, 1.82) is 0 Å². The molecule has 6 heteroatoms. The van der Waals surface area contributed by atoms with E-state index in [4.69, 9.17) is 5.11 Å². The average Bonchev–Trinajstić information content (AvgIpc) is 3.30. The molecule has 2 aromatic rings. The van der Waals surface area contributed by atoms with E-state index in [-0.39, 0.29) is 12.5 Å². The summed E-state index contributed by atoms with van der Waals surface area (Å²) in [7, 11) is 0. The first kappa shape index (κ1) is 16.7. The SMILES string of the molecule is O=C(NC[C@H]1CC[C@@H](NCCO)C1)c1ccc(-n2cccn2)cc1. The maximum absolute atomic E-state index is 12.3. The second-order valence-corrected chi connectivity index (χ2v) is 6.26. The van der Waals surface area contributed by atoms with E-state index in [1.54, 1.807) is 10.9 Å². The molecule has 6 nitrogen and oxygen atoms in total. The van der Waals surface area contributed by atoms with Crippen molar-refractivity contribution in [3.63, 3.8) is 0 Å². The highest BCUT2D eigenvalue weighted by molar-refractivity contribution is 5.94. The van der Waals surface area contributed by atoms with Crippen LogP contribution >= 0.6 is 0 Å². The lowest BCUT2D eigenvalue weighted by molar-refractivity contribution is 0.0947. The number of hydrogen-bond acceptors (Lipinski definition) is 4. The molecule has 1 fully saturated rings. The third-order valence-corrected chi connectivity index (χ3v) is 4.54. The molecule has 3 rings (SSSR count). The van der Waals surface area contributed by atoms with Crippen molar-refractivity contribution in [3.8, 4) is 5.69 Å². The van der Waals surface area contributed by atoms with Crippen LogP contribution in [-0.4, -0.2) is 46.5 Å². The topological polar surface area (TPSA) is 79.2 Å². The number of aromatic nitrogens is 2. The number of benzene rings is 1. The van der Waals surface area contributed by atoms with Gasteiger partial charge in [0.25, 0.3) is 5.91 Å². The minimum absolute atomic E-state index is 0.0335. The lowest BCUT2D eigenvalue weighted by Crippen LogP contribution is -2.31. The summed E-state index contributed by atoms with van der Waals surface area (Å²) in [6.45, 7) is 1.52. The normalized spacial score (nSPS) is 20.2. The second-order valence-electron chi connectivity index (χ2n) is 6.26. The zero-order chi connectivity index (χ0) is 16.8. The van der Waals surface area contributed by atoms with Crippen molar-refractivity contribution < 1.29 is 9.90 Å². The number of rotatable bonds is 7. The molecule has 128 valence electrons. The summed E-state index contributed by atoms with van der Waals surface area (Å²) in [4.78, 5) is 12.3. The van der Waals surface area contributed by atoms with Crippen molar-refractivity contribution in [2.45, 2.75) is 25.3 Å². The molecule has 3 N–H and O–H groups in total. The fourth-order valence-electron chi connectivity index (χ4n) is 3.24. The van der Waals surface area contributed by atoms with Gasteiger partial charge in [-0.15, -0.1) is 0 Å². The second kappa shape index (κ2) is 8.08. The van der Waals surface area contributed by atoms with Gasteiger partial charge in [0.15, 0.2) is 0 Å². The summed E-state index contributed by atoms with van der Waals surface area (Å²) < 4.78 is 1.76. The van der Waals surface area contributed by atoms with Crippen LogP contribution in [0.2, 0.25) is 0 Å². The Kier molecular flexibility index (Phi) is 5.61. The van der Waals surface area contributed by atoms with Gasteiger partial charge in [0, 0.05) is 37.1 Å². The molecular formula is C18H24N4O2. The van der Waals surface area contributed by atoms with E-state index in [2.05, 4.69) is 15.7 Å². The van der Waals surface area contributed by atoms with Crippen LogP contribution in [-0.2, 0) is 0 Å². The van der Waals surface area contributed by atoms with Crippen molar-refractivity contribution in [2.24, 2.45) is 5.92 Å². The molecule has 0 radical (unpaired) electrons. The van der Waals surface area contributed by atoms with Crippen LogP contribution in [0, 0.1) is 5.92 Å². The summed E-state index contributed by atoms with van der Waals surface area (Å²) in [5.41, 5.74) is 1.60. The van der Waals surface area contributed by atoms with Crippen LogP contribution in [0.1, 0.15) is 29.6 Å². The molecule has 0 bridgehead atoms. The summed E-state index contributed by atoms with van der Waals surface area (Å²) in [6.07, 6.45) is 6.88. The van der Waals surface area contributed by atoms with Crippen LogP contribution < -0.4 is 10.6 Å². The highest BCUT2D eigenvalue weighted by Gasteiger charge is 2.24. The predicted molar refractivity (Wildman–Crippen MR) is 92.1 cm³/mol. The molecule has 0 saturated heterocycles. The standard InChI is InChI=1S/C18H24N4O2/c23-11-9-19-16-5-2-14(12-16)13-20-18(24)15-3-6-17(7-4-15)22-10-1-8-21-22/h1,3-4,6-8,10,14,16,19,23H,2,5,9,11-13H2,(H,20,24)/t14-,16+/m0/s1. The fraction of sp³-hybridized carbons (Fsp3) is 0.444. The van der Waals surface area contributed by atoms with Gasteiger partial charge >= 0.3 is 0 Å². The Balaban J connectivity index is 1.47. The minimum atomic E-state index is -0.0335. The molecule has 1 aliphatic carbocycles.